The van der Waals surface area contributed by atoms with Crippen LogP contribution in [0.1, 0.15) is 12.8 Å². The Labute approximate surface area is 145 Å². The molecular formula is C18H18N2O4S. The molecule has 1 aliphatic heterocycles. The number of hydrogen-bond donors (Lipinski definition) is 2. The molecule has 1 aromatic heterocycles. The highest BCUT2D eigenvalue weighted by atomic mass is 32.2. The molecule has 1 atom stereocenters. The zero-order valence-electron chi connectivity index (χ0n) is 13.5. The van der Waals surface area contributed by atoms with Crippen LogP contribution in [0.3, 0.4) is 0 Å². The number of nitrogens with zero attached hydrogens (tertiary/aromatic N) is 1. The van der Waals surface area contributed by atoms with E-state index in [2.05, 4.69) is 4.98 Å². The fourth-order valence-corrected chi connectivity index (χ4v) is 5.40. The van der Waals surface area contributed by atoms with Gasteiger partial charge in [0, 0.05) is 36.0 Å². The molecule has 0 radical (unpaired) electrons. The summed E-state index contributed by atoms with van der Waals surface area (Å²) in [5.74, 6) is -0.0180. The number of rotatable bonds is 3. The number of aromatic amines is 1. The Hall–Kier alpha value is -2.38. The predicted molar refractivity (Wildman–Crippen MR) is 94.4 cm³/mol. The van der Waals surface area contributed by atoms with Crippen molar-refractivity contribution in [3.8, 4) is 0 Å². The second-order valence-corrected chi connectivity index (χ2v) is 8.11. The SMILES string of the molecule is O=c1[nH]ccc2c(S(=O)(=O)N3CCC4=C3C=CCC4CO)cccc12. The van der Waals surface area contributed by atoms with Crippen LogP contribution in [0.4, 0.5) is 0 Å². The fourth-order valence-electron chi connectivity index (χ4n) is 3.69. The van der Waals surface area contributed by atoms with Crippen LogP contribution in [0, 0.1) is 5.92 Å². The molecule has 25 heavy (non-hydrogen) atoms. The summed E-state index contributed by atoms with van der Waals surface area (Å²) in [5.41, 5.74) is 1.34. The third-order valence-electron chi connectivity index (χ3n) is 4.93. The Morgan fingerprint density at radius 1 is 1.24 bits per heavy atom. The number of sulfonamides is 1. The van der Waals surface area contributed by atoms with Gasteiger partial charge in [0.15, 0.2) is 0 Å². The Kier molecular flexibility index (Phi) is 3.77. The van der Waals surface area contributed by atoms with E-state index in [1.807, 2.05) is 12.2 Å². The monoisotopic (exact) mass is 358 g/mol. The predicted octanol–water partition coefficient (Wildman–Crippen LogP) is 1.75. The van der Waals surface area contributed by atoms with Crippen molar-refractivity contribution in [3.63, 3.8) is 0 Å². The smallest absolute Gasteiger partial charge is 0.264 e. The second-order valence-electron chi connectivity index (χ2n) is 6.28. The molecule has 0 bridgehead atoms. The molecule has 0 fully saturated rings. The summed E-state index contributed by atoms with van der Waals surface area (Å²) >= 11 is 0. The van der Waals surface area contributed by atoms with E-state index in [-0.39, 0.29) is 23.0 Å². The van der Waals surface area contributed by atoms with Gasteiger partial charge in [-0.15, -0.1) is 0 Å². The zero-order chi connectivity index (χ0) is 17.6. The quantitative estimate of drug-likeness (QED) is 0.874. The highest BCUT2D eigenvalue weighted by molar-refractivity contribution is 7.89. The van der Waals surface area contributed by atoms with Gasteiger partial charge in [-0.2, -0.15) is 0 Å². The largest absolute Gasteiger partial charge is 0.396 e. The molecule has 6 nitrogen and oxygen atoms in total. The number of pyridine rings is 1. The van der Waals surface area contributed by atoms with Crippen LogP contribution in [0.2, 0.25) is 0 Å². The highest BCUT2D eigenvalue weighted by Gasteiger charge is 2.36. The molecule has 1 aliphatic carbocycles. The third kappa shape index (κ3) is 2.42. The van der Waals surface area contributed by atoms with Gasteiger partial charge in [0.05, 0.1) is 10.6 Å². The molecule has 0 saturated heterocycles. The second kappa shape index (κ2) is 5.86. The number of fused-ring (bicyclic) bond motifs is 1. The number of hydrogen-bond acceptors (Lipinski definition) is 4. The minimum absolute atomic E-state index is 0.0146. The number of nitrogens with one attached hydrogen (secondary N) is 1. The number of aromatic nitrogens is 1. The first kappa shape index (κ1) is 16.1. The molecule has 2 heterocycles. The third-order valence-corrected chi connectivity index (χ3v) is 6.81. The maximum Gasteiger partial charge on any atom is 0.264 e. The van der Waals surface area contributed by atoms with E-state index in [0.717, 1.165) is 12.0 Å². The molecule has 2 aromatic rings. The van der Waals surface area contributed by atoms with Gasteiger partial charge < -0.3 is 10.1 Å². The molecule has 1 unspecified atom stereocenters. The molecule has 4 rings (SSSR count). The van der Waals surface area contributed by atoms with E-state index < -0.39 is 10.0 Å². The minimum atomic E-state index is -3.79. The van der Waals surface area contributed by atoms with Gasteiger partial charge in [0.2, 0.25) is 0 Å². The Morgan fingerprint density at radius 3 is 2.88 bits per heavy atom. The first-order chi connectivity index (χ1) is 12.0. The molecule has 0 spiro atoms. The van der Waals surface area contributed by atoms with Crippen molar-refractivity contribution in [2.75, 3.05) is 13.2 Å². The van der Waals surface area contributed by atoms with E-state index in [0.29, 0.717) is 29.4 Å². The van der Waals surface area contributed by atoms with Crippen LogP contribution >= 0.6 is 0 Å². The standard InChI is InChI=1S/C18H18N2O4S/c21-11-12-3-1-5-16-13(12)8-10-20(16)25(23,24)17-6-2-4-15-14(17)7-9-19-18(15)22/h1-2,4-7,9,12,21H,3,8,10-11H2,(H,19,22). The van der Waals surface area contributed by atoms with Crippen LogP contribution in [0.25, 0.3) is 10.8 Å². The summed E-state index contributed by atoms with van der Waals surface area (Å²) < 4.78 is 28.0. The van der Waals surface area contributed by atoms with Gasteiger partial charge in [0.25, 0.3) is 15.6 Å². The summed E-state index contributed by atoms with van der Waals surface area (Å²) in [6.07, 6.45) is 6.54. The lowest BCUT2D eigenvalue weighted by atomic mass is 9.90. The summed E-state index contributed by atoms with van der Waals surface area (Å²) in [5, 5.41) is 10.3. The summed E-state index contributed by atoms with van der Waals surface area (Å²) in [7, 11) is -3.79. The maximum absolute atomic E-state index is 13.3. The number of benzene rings is 1. The normalized spacial score (nSPS) is 20.4. The minimum Gasteiger partial charge on any atom is -0.396 e. The van der Waals surface area contributed by atoms with E-state index in [9.17, 15) is 18.3 Å². The van der Waals surface area contributed by atoms with Crippen molar-refractivity contribution >= 4 is 20.8 Å². The average Bonchev–Trinajstić information content (AvgIpc) is 3.06. The number of H-pyrrole nitrogens is 1. The Balaban J connectivity index is 1.87. The molecule has 7 heteroatoms. The Bertz CT molecular complexity index is 1070. The lowest BCUT2D eigenvalue weighted by Gasteiger charge is -2.24. The van der Waals surface area contributed by atoms with Crippen molar-refractivity contribution in [3.05, 3.63) is 64.2 Å². The van der Waals surface area contributed by atoms with Crippen molar-refractivity contribution in [1.29, 1.82) is 0 Å². The van der Waals surface area contributed by atoms with E-state index in [1.54, 1.807) is 18.2 Å². The van der Waals surface area contributed by atoms with Gasteiger partial charge in [-0.25, -0.2) is 8.42 Å². The van der Waals surface area contributed by atoms with Crippen LogP contribution in [0.15, 0.2) is 63.6 Å². The summed E-state index contributed by atoms with van der Waals surface area (Å²) in [4.78, 5) is 14.7. The Morgan fingerprint density at radius 2 is 2.08 bits per heavy atom. The lowest BCUT2D eigenvalue weighted by Crippen LogP contribution is -2.28. The topological polar surface area (TPSA) is 90.5 Å². The van der Waals surface area contributed by atoms with Gasteiger partial charge in [0.1, 0.15) is 0 Å². The molecule has 2 N–H and O–H groups in total. The molecule has 0 saturated carbocycles. The molecule has 1 aromatic carbocycles. The van der Waals surface area contributed by atoms with Crippen LogP contribution in [-0.2, 0) is 10.0 Å². The highest BCUT2D eigenvalue weighted by Crippen LogP contribution is 2.38. The van der Waals surface area contributed by atoms with Gasteiger partial charge in [-0.3, -0.25) is 9.10 Å². The zero-order valence-corrected chi connectivity index (χ0v) is 14.3. The number of aliphatic hydroxyl groups is 1. The van der Waals surface area contributed by atoms with Crippen molar-refractivity contribution in [1.82, 2.24) is 9.29 Å². The first-order valence-electron chi connectivity index (χ1n) is 8.17. The number of allylic oxidation sites excluding steroid dienone is 2. The van der Waals surface area contributed by atoms with Crippen LogP contribution < -0.4 is 5.56 Å². The van der Waals surface area contributed by atoms with E-state index >= 15 is 0 Å². The number of aliphatic hydroxyl groups excluding tert-OH is 1. The molecular weight excluding hydrogens is 340 g/mol. The van der Waals surface area contributed by atoms with E-state index in [1.165, 1.54) is 16.6 Å². The van der Waals surface area contributed by atoms with Gasteiger partial charge in [-0.1, -0.05) is 12.1 Å². The van der Waals surface area contributed by atoms with Gasteiger partial charge in [-0.05, 0) is 42.7 Å². The fraction of sp³-hybridized carbons (Fsp3) is 0.278. The maximum atomic E-state index is 13.3. The van der Waals surface area contributed by atoms with Gasteiger partial charge >= 0.3 is 0 Å². The van der Waals surface area contributed by atoms with Crippen LogP contribution in [-0.4, -0.2) is 36.0 Å². The molecule has 130 valence electrons. The summed E-state index contributed by atoms with van der Waals surface area (Å²) in [6, 6.07) is 6.35. The molecule has 0 amide bonds. The summed E-state index contributed by atoms with van der Waals surface area (Å²) in [6.45, 7) is 0.369. The first-order valence-corrected chi connectivity index (χ1v) is 9.61. The van der Waals surface area contributed by atoms with E-state index in [4.69, 9.17) is 0 Å². The van der Waals surface area contributed by atoms with Crippen molar-refractivity contribution in [2.24, 2.45) is 5.92 Å². The van der Waals surface area contributed by atoms with Crippen LogP contribution in [0.5, 0.6) is 0 Å². The average molecular weight is 358 g/mol. The lowest BCUT2D eigenvalue weighted by molar-refractivity contribution is 0.244. The van der Waals surface area contributed by atoms with Crippen molar-refractivity contribution < 1.29 is 13.5 Å². The van der Waals surface area contributed by atoms with Crippen molar-refractivity contribution in [2.45, 2.75) is 17.7 Å². The molecule has 2 aliphatic rings.